The van der Waals surface area contributed by atoms with Crippen LogP contribution in [0, 0.1) is 28.5 Å². The minimum absolute atomic E-state index is 0.126. The second kappa shape index (κ2) is 6.69. The van der Waals surface area contributed by atoms with Gasteiger partial charge in [0.25, 0.3) is 0 Å². The van der Waals surface area contributed by atoms with Crippen LogP contribution < -0.4 is 0 Å². The summed E-state index contributed by atoms with van der Waals surface area (Å²) in [7, 11) is 0. The molecule has 2 aliphatic rings. The van der Waals surface area contributed by atoms with Gasteiger partial charge >= 0.3 is 11.9 Å². The van der Waals surface area contributed by atoms with Crippen molar-refractivity contribution in [2.24, 2.45) is 17.8 Å². The average Bonchev–Trinajstić information content (AvgIpc) is 3.02. The van der Waals surface area contributed by atoms with Gasteiger partial charge in [-0.05, 0) is 111 Å². The van der Waals surface area contributed by atoms with E-state index in [0.717, 1.165) is 17.1 Å². The van der Waals surface area contributed by atoms with Gasteiger partial charge in [-0.1, -0.05) is 0 Å². The maximum atomic E-state index is 12.5. The lowest BCUT2D eigenvalue weighted by Gasteiger charge is -2.25. The molecule has 0 radical (unpaired) electrons. The van der Waals surface area contributed by atoms with Crippen molar-refractivity contribution in [1.29, 1.82) is 0 Å². The molecule has 0 spiro atoms. The first-order chi connectivity index (χ1) is 10.4. The number of benzene rings is 1. The van der Waals surface area contributed by atoms with E-state index in [1.165, 1.54) is 0 Å². The van der Waals surface area contributed by atoms with Gasteiger partial charge in [0.05, 0.1) is 11.5 Å². The molecule has 3 rings (SSSR count). The van der Waals surface area contributed by atoms with Crippen LogP contribution in [-0.4, -0.2) is 23.1 Å². The van der Waals surface area contributed by atoms with Crippen LogP contribution in [0.4, 0.5) is 0 Å². The summed E-state index contributed by atoms with van der Waals surface area (Å²) in [6.45, 7) is 0. The largest absolute Gasteiger partial charge is 0.481 e. The summed E-state index contributed by atoms with van der Waals surface area (Å²) in [5.74, 6) is -0.882. The van der Waals surface area contributed by atoms with Crippen LogP contribution in [0.25, 0.3) is 0 Å². The fourth-order valence-electron chi connectivity index (χ4n) is 3.58. The number of fused-ring (bicyclic) bond motifs is 2. The quantitative estimate of drug-likeness (QED) is 0.307. The number of carboxylic acids is 1. The zero-order chi connectivity index (χ0) is 16.0. The minimum Gasteiger partial charge on any atom is -0.481 e. The van der Waals surface area contributed by atoms with Crippen LogP contribution in [0.3, 0.4) is 0 Å². The van der Waals surface area contributed by atoms with Gasteiger partial charge in [0, 0.05) is 10.7 Å². The molecular weight excluding hydrogens is 625 g/mol. The number of rotatable bonds is 3. The molecule has 118 valence electrons. The number of ether oxygens (including phenoxy) is 1. The molecule has 1 aromatic rings. The Labute approximate surface area is 169 Å². The third-order valence-electron chi connectivity index (χ3n) is 4.58. The van der Waals surface area contributed by atoms with Crippen molar-refractivity contribution in [3.63, 3.8) is 0 Å². The van der Waals surface area contributed by atoms with Crippen molar-refractivity contribution in [1.82, 2.24) is 0 Å². The van der Waals surface area contributed by atoms with Crippen molar-refractivity contribution >= 4 is 79.7 Å². The monoisotopic (exact) mass is 638 g/mol. The summed E-state index contributed by atoms with van der Waals surface area (Å²) in [6.07, 6.45) is 2.07. The standard InChI is InChI=1S/C15H13I3O4/c16-8-4-10(13(18)11(17)5-8)15(21)22-12-3-6-1-7(12)2-9(6)14(19)20/h4-7,9,12H,1-3H2,(H,19,20). The Morgan fingerprint density at radius 3 is 2.41 bits per heavy atom. The van der Waals surface area contributed by atoms with Crippen LogP contribution in [0.5, 0.6) is 0 Å². The Morgan fingerprint density at radius 2 is 1.82 bits per heavy atom. The molecular formula is C15H13I3O4. The van der Waals surface area contributed by atoms with E-state index in [-0.39, 0.29) is 29.8 Å². The summed E-state index contributed by atoms with van der Waals surface area (Å²) >= 11 is 6.58. The van der Waals surface area contributed by atoms with Gasteiger partial charge in [-0.2, -0.15) is 0 Å². The summed E-state index contributed by atoms with van der Waals surface area (Å²) < 4.78 is 8.66. The molecule has 0 aromatic heterocycles. The molecule has 2 fully saturated rings. The number of hydrogen-bond acceptors (Lipinski definition) is 3. The van der Waals surface area contributed by atoms with Crippen LogP contribution in [0.2, 0.25) is 0 Å². The zero-order valence-corrected chi connectivity index (χ0v) is 17.9. The Balaban J connectivity index is 1.71. The fraction of sp³-hybridized carbons (Fsp3) is 0.467. The van der Waals surface area contributed by atoms with Crippen molar-refractivity contribution in [3.8, 4) is 0 Å². The Kier molecular flexibility index (Phi) is 5.23. The molecule has 4 nitrogen and oxygen atoms in total. The maximum Gasteiger partial charge on any atom is 0.339 e. The van der Waals surface area contributed by atoms with E-state index in [4.69, 9.17) is 9.84 Å². The first kappa shape index (κ1) is 17.2. The van der Waals surface area contributed by atoms with Crippen LogP contribution in [0.1, 0.15) is 29.6 Å². The first-order valence-corrected chi connectivity index (χ1v) is 10.2. The lowest BCUT2D eigenvalue weighted by molar-refractivity contribution is -0.144. The summed E-state index contributed by atoms with van der Waals surface area (Å²) in [5, 5.41) is 9.17. The molecule has 2 saturated carbocycles. The van der Waals surface area contributed by atoms with Crippen LogP contribution in [-0.2, 0) is 9.53 Å². The smallest absolute Gasteiger partial charge is 0.339 e. The van der Waals surface area contributed by atoms with E-state index in [0.29, 0.717) is 18.4 Å². The third-order valence-corrected chi connectivity index (χ3v) is 8.25. The van der Waals surface area contributed by atoms with Gasteiger partial charge in [0.2, 0.25) is 0 Å². The van der Waals surface area contributed by atoms with E-state index in [1.807, 2.05) is 12.1 Å². The van der Waals surface area contributed by atoms with Crippen LogP contribution >= 0.6 is 67.8 Å². The molecule has 7 heteroatoms. The topological polar surface area (TPSA) is 63.6 Å². The Hall–Kier alpha value is 0.350. The summed E-state index contributed by atoms with van der Waals surface area (Å²) in [4.78, 5) is 23.6. The molecule has 0 aliphatic heterocycles. The lowest BCUT2D eigenvalue weighted by Crippen LogP contribution is -2.30. The first-order valence-electron chi connectivity index (χ1n) is 6.95. The van der Waals surface area contributed by atoms with E-state index < -0.39 is 5.97 Å². The van der Waals surface area contributed by atoms with Crippen molar-refractivity contribution < 1.29 is 19.4 Å². The number of aliphatic carboxylic acids is 1. The molecule has 0 heterocycles. The molecule has 2 aliphatic carbocycles. The number of carbonyl (C=O) groups is 2. The molecule has 0 saturated heterocycles. The molecule has 4 atom stereocenters. The van der Waals surface area contributed by atoms with Gasteiger partial charge < -0.3 is 9.84 Å². The van der Waals surface area contributed by atoms with Crippen molar-refractivity contribution in [3.05, 3.63) is 28.4 Å². The number of carbonyl (C=O) groups excluding carboxylic acids is 1. The number of esters is 1. The van der Waals surface area contributed by atoms with E-state index in [1.54, 1.807) is 0 Å². The van der Waals surface area contributed by atoms with Gasteiger partial charge in [-0.25, -0.2) is 4.79 Å². The second-order valence-electron chi connectivity index (χ2n) is 5.86. The van der Waals surface area contributed by atoms with Gasteiger partial charge in [-0.3, -0.25) is 4.79 Å². The molecule has 1 aromatic carbocycles. The number of halogens is 3. The fourth-order valence-corrected chi connectivity index (χ4v) is 5.95. The normalized spacial score (nSPS) is 29.6. The maximum absolute atomic E-state index is 12.5. The SMILES string of the molecule is O=C(OC1CC2CC1CC2C(=O)O)c1cc(I)cc(I)c1I. The highest BCUT2D eigenvalue weighted by Crippen LogP contribution is 2.50. The molecule has 0 amide bonds. The highest BCUT2D eigenvalue weighted by molar-refractivity contribution is 14.1. The third kappa shape index (κ3) is 3.26. The number of carboxylic acid groups (broad SMARTS) is 1. The number of hydrogen-bond donors (Lipinski definition) is 1. The predicted octanol–water partition coefficient (Wildman–Crippen LogP) is 4.16. The Morgan fingerprint density at radius 1 is 1.09 bits per heavy atom. The van der Waals surface area contributed by atoms with E-state index >= 15 is 0 Å². The highest BCUT2D eigenvalue weighted by atomic mass is 127. The van der Waals surface area contributed by atoms with E-state index in [9.17, 15) is 9.59 Å². The van der Waals surface area contributed by atoms with Gasteiger partial charge in [0.1, 0.15) is 6.10 Å². The van der Waals surface area contributed by atoms with E-state index in [2.05, 4.69) is 67.8 Å². The van der Waals surface area contributed by atoms with Crippen molar-refractivity contribution in [2.75, 3.05) is 0 Å². The van der Waals surface area contributed by atoms with Crippen molar-refractivity contribution in [2.45, 2.75) is 25.4 Å². The van der Waals surface area contributed by atoms with Gasteiger partial charge in [-0.15, -0.1) is 0 Å². The molecule has 1 N–H and O–H groups in total. The summed E-state index contributed by atoms with van der Waals surface area (Å²) in [6, 6.07) is 3.87. The molecule has 2 bridgehead atoms. The molecule has 4 unspecified atom stereocenters. The predicted molar refractivity (Wildman–Crippen MR) is 106 cm³/mol. The zero-order valence-electron chi connectivity index (χ0n) is 11.4. The average molecular weight is 638 g/mol. The molecule has 22 heavy (non-hydrogen) atoms. The Bertz CT molecular complexity index is 646. The summed E-state index contributed by atoms with van der Waals surface area (Å²) in [5.41, 5.74) is 0.606. The van der Waals surface area contributed by atoms with Gasteiger partial charge in [0.15, 0.2) is 0 Å². The minimum atomic E-state index is -0.709. The van der Waals surface area contributed by atoms with Crippen LogP contribution in [0.15, 0.2) is 12.1 Å². The second-order valence-corrected chi connectivity index (χ2v) is 9.35. The highest BCUT2D eigenvalue weighted by Gasteiger charge is 2.50. The lowest BCUT2D eigenvalue weighted by atomic mass is 9.87.